The Bertz CT molecular complexity index is 1610. The predicted octanol–water partition coefficient (Wildman–Crippen LogP) is 0.0810. The summed E-state index contributed by atoms with van der Waals surface area (Å²) in [5, 5.41) is 0. The zero-order valence-electron chi connectivity index (χ0n) is 22.3. The van der Waals surface area contributed by atoms with E-state index in [0.29, 0.717) is 17.9 Å². The number of aromatic amines is 1. The summed E-state index contributed by atoms with van der Waals surface area (Å²) in [6.07, 6.45) is -1.79. The molecule has 3 aromatic rings. The molecule has 41 heavy (non-hydrogen) atoms. The first-order valence-electron chi connectivity index (χ1n) is 12.7. The number of esters is 1. The number of nitrogens with one attached hydrogen (secondary N) is 1. The van der Waals surface area contributed by atoms with Crippen molar-refractivity contribution in [3.05, 3.63) is 39.3 Å². The van der Waals surface area contributed by atoms with Gasteiger partial charge in [0.1, 0.15) is 36.8 Å². The molecule has 0 aliphatic carbocycles. The molecule has 0 radical (unpaired) electrons. The number of H-pyrrole nitrogens is 1. The second-order valence-electron chi connectivity index (χ2n) is 9.57. The third kappa shape index (κ3) is 6.22. The Morgan fingerprint density at radius 2 is 1.83 bits per heavy atom. The van der Waals surface area contributed by atoms with E-state index in [4.69, 9.17) is 29.0 Å². The van der Waals surface area contributed by atoms with Crippen molar-refractivity contribution in [1.29, 1.82) is 0 Å². The monoisotopic (exact) mass is 596 g/mol. The van der Waals surface area contributed by atoms with Gasteiger partial charge >= 0.3 is 19.5 Å². The lowest BCUT2D eigenvalue weighted by Crippen LogP contribution is -2.31. The number of hydrogen-bond donors (Lipinski definition) is 3. The van der Waals surface area contributed by atoms with Gasteiger partial charge < -0.3 is 29.8 Å². The maximum Gasteiger partial charge on any atom is 0.472 e. The molecule has 0 saturated carbocycles. The second-order valence-corrected chi connectivity index (χ2v) is 11.0. The number of phosphoric acid groups is 1. The molecule has 2 aliphatic rings. The Morgan fingerprint density at radius 1 is 1.15 bits per heavy atom. The summed E-state index contributed by atoms with van der Waals surface area (Å²) < 4.78 is 43.5. The minimum atomic E-state index is -4.69. The van der Waals surface area contributed by atoms with Gasteiger partial charge in [-0.05, 0) is 13.3 Å². The van der Waals surface area contributed by atoms with Gasteiger partial charge in [-0.1, -0.05) is 6.92 Å². The number of aromatic nitrogens is 7. The Kier molecular flexibility index (Phi) is 8.04. The molecule has 2 fully saturated rings. The van der Waals surface area contributed by atoms with Crippen LogP contribution in [0, 0.1) is 6.92 Å². The quantitative estimate of drug-likeness (QED) is 0.219. The number of ether oxygens (including phenoxy) is 3. The third-order valence-corrected chi connectivity index (χ3v) is 7.68. The average molecular weight is 596 g/mol. The fraction of sp³-hybridized carbons (Fsp3) is 0.591. The number of fused-ring (bicyclic) bond motifs is 1. The fourth-order valence-corrected chi connectivity index (χ4v) is 5.83. The fourth-order valence-electron chi connectivity index (χ4n) is 4.87. The van der Waals surface area contributed by atoms with E-state index in [0.717, 1.165) is 10.9 Å². The largest absolute Gasteiger partial charge is 0.472 e. The standard InChI is InChI=1S/C22H29N8O10P/c1-4-12-14(6-16(38-12)29-8-24-18-19(29)26-10(2)27-20(18)32)40-41(34,35)36-7-15-13(37-11(3)31)5-17(39-15)30-9-25-21(23)28-22(30)33/h8-9,12-17H,4-7H2,1-3H3,(H,34,35)(H2,23,28,33)(H,26,27,32)/t12-,13?,14?,15-,16-,17-/m1/s1. The molecule has 0 spiro atoms. The summed E-state index contributed by atoms with van der Waals surface area (Å²) in [5.74, 6) is -0.441. The van der Waals surface area contributed by atoms with Crippen molar-refractivity contribution in [3.8, 4) is 0 Å². The van der Waals surface area contributed by atoms with Gasteiger partial charge in [0.25, 0.3) is 5.56 Å². The predicted molar refractivity (Wildman–Crippen MR) is 137 cm³/mol. The summed E-state index contributed by atoms with van der Waals surface area (Å²) in [6, 6.07) is 0. The summed E-state index contributed by atoms with van der Waals surface area (Å²) >= 11 is 0. The number of nitrogens with zero attached hydrogens (tertiary/aromatic N) is 6. The minimum absolute atomic E-state index is 0.0304. The summed E-state index contributed by atoms with van der Waals surface area (Å²) in [4.78, 5) is 65.0. The van der Waals surface area contributed by atoms with Crippen LogP contribution >= 0.6 is 7.82 Å². The maximum atomic E-state index is 13.0. The number of carbonyl (C=O) groups is 1. The van der Waals surface area contributed by atoms with Gasteiger partial charge in [0.05, 0.1) is 25.1 Å². The van der Waals surface area contributed by atoms with Gasteiger partial charge in [0, 0.05) is 19.8 Å². The molecular weight excluding hydrogens is 567 g/mol. The number of aryl methyl sites for hydroxylation is 1. The van der Waals surface area contributed by atoms with Crippen LogP contribution < -0.4 is 17.0 Å². The third-order valence-electron chi connectivity index (χ3n) is 6.67. The van der Waals surface area contributed by atoms with E-state index in [1.165, 1.54) is 13.3 Å². The van der Waals surface area contributed by atoms with Crippen molar-refractivity contribution in [1.82, 2.24) is 34.1 Å². The number of carbonyl (C=O) groups excluding carboxylic acids is 1. The van der Waals surface area contributed by atoms with Crippen molar-refractivity contribution < 1.29 is 37.5 Å². The lowest BCUT2D eigenvalue weighted by molar-refractivity contribution is -0.150. The molecule has 3 aromatic heterocycles. The van der Waals surface area contributed by atoms with E-state index in [9.17, 15) is 23.8 Å². The Labute approximate surface area is 231 Å². The molecule has 0 aromatic carbocycles. The van der Waals surface area contributed by atoms with Crippen LogP contribution in [0.25, 0.3) is 11.2 Å². The van der Waals surface area contributed by atoms with E-state index < -0.39 is 68.5 Å². The number of nitrogens with two attached hydrogens (primary N) is 1. The highest BCUT2D eigenvalue weighted by molar-refractivity contribution is 7.47. The first-order chi connectivity index (χ1) is 19.4. The van der Waals surface area contributed by atoms with Crippen molar-refractivity contribution in [3.63, 3.8) is 0 Å². The molecular formula is C22H29N8O10P. The van der Waals surface area contributed by atoms with E-state index in [1.54, 1.807) is 11.5 Å². The minimum Gasteiger partial charge on any atom is -0.460 e. The zero-order chi connectivity index (χ0) is 29.5. The maximum absolute atomic E-state index is 13.0. The number of hydrogen-bond acceptors (Lipinski definition) is 14. The molecule has 7 atom stereocenters. The van der Waals surface area contributed by atoms with Crippen LogP contribution in [0.3, 0.4) is 0 Å². The van der Waals surface area contributed by atoms with Gasteiger partial charge in [-0.2, -0.15) is 4.98 Å². The SMILES string of the molecule is CC[C@H]1O[C@@H](n2cnc3c(=O)[nH]c(C)nc32)CC1OP(=O)(O)OC[C@H]1O[C@@H](n2cnc(N)nc2=O)CC1OC(C)=O. The van der Waals surface area contributed by atoms with Gasteiger partial charge in [-0.3, -0.25) is 27.8 Å². The zero-order valence-corrected chi connectivity index (χ0v) is 23.2. The Hall–Kier alpha value is -3.54. The highest BCUT2D eigenvalue weighted by Gasteiger charge is 2.44. The van der Waals surface area contributed by atoms with Crippen LogP contribution in [0.2, 0.25) is 0 Å². The summed E-state index contributed by atoms with van der Waals surface area (Å²) in [6.45, 7) is 4.16. The van der Waals surface area contributed by atoms with Crippen LogP contribution in [0.15, 0.2) is 22.2 Å². The van der Waals surface area contributed by atoms with Crippen LogP contribution in [0.1, 0.15) is 51.4 Å². The molecule has 0 amide bonds. The first-order valence-corrected chi connectivity index (χ1v) is 14.2. The van der Waals surface area contributed by atoms with Crippen LogP contribution in [-0.2, 0) is 32.6 Å². The smallest absolute Gasteiger partial charge is 0.460 e. The molecule has 2 aliphatic heterocycles. The molecule has 4 N–H and O–H groups in total. The van der Waals surface area contributed by atoms with E-state index in [2.05, 4.69) is 24.9 Å². The Balaban J connectivity index is 1.26. The lowest BCUT2D eigenvalue weighted by Gasteiger charge is -2.23. The van der Waals surface area contributed by atoms with Crippen LogP contribution in [0.4, 0.5) is 5.95 Å². The molecule has 0 bridgehead atoms. The number of phosphoric ester groups is 1. The number of nitrogen functional groups attached to an aromatic ring is 1. The van der Waals surface area contributed by atoms with Crippen molar-refractivity contribution in [2.75, 3.05) is 12.3 Å². The van der Waals surface area contributed by atoms with Gasteiger partial charge in [0.2, 0.25) is 5.95 Å². The molecule has 5 rings (SSSR count). The first kappa shape index (κ1) is 29.0. The normalized spacial score (nSPS) is 27.7. The lowest BCUT2D eigenvalue weighted by atomic mass is 10.1. The van der Waals surface area contributed by atoms with Gasteiger partial charge in [-0.15, -0.1) is 0 Å². The number of rotatable bonds is 9. The number of imidazole rings is 1. The van der Waals surface area contributed by atoms with Crippen LogP contribution in [-0.4, -0.2) is 75.9 Å². The van der Waals surface area contributed by atoms with Crippen molar-refractivity contribution in [2.24, 2.45) is 0 Å². The molecule has 18 nitrogen and oxygen atoms in total. The summed E-state index contributed by atoms with van der Waals surface area (Å²) in [7, 11) is -4.69. The molecule has 19 heteroatoms. The van der Waals surface area contributed by atoms with Crippen molar-refractivity contribution >= 4 is 30.9 Å². The highest BCUT2D eigenvalue weighted by atomic mass is 31.2. The molecule has 3 unspecified atom stereocenters. The average Bonchev–Trinajstić information content (AvgIpc) is 3.59. The van der Waals surface area contributed by atoms with Gasteiger partial charge in [-0.25, -0.2) is 24.3 Å². The molecule has 222 valence electrons. The second kappa shape index (κ2) is 11.4. The van der Waals surface area contributed by atoms with E-state index >= 15 is 0 Å². The Morgan fingerprint density at radius 3 is 2.54 bits per heavy atom. The molecule has 5 heterocycles. The van der Waals surface area contributed by atoms with Crippen LogP contribution in [0.5, 0.6) is 0 Å². The van der Waals surface area contributed by atoms with E-state index in [-0.39, 0.29) is 24.3 Å². The van der Waals surface area contributed by atoms with Gasteiger partial charge in [0.15, 0.2) is 11.2 Å². The summed E-state index contributed by atoms with van der Waals surface area (Å²) in [5.41, 5.74) is 4.75. The van der Waals surface area contributed by atoms with E-state index in [1.807, 2.05) is 6.92 Å². The molecule has 2 saturated heterocycles. The van der Waals surface area contributed by atoms with Crippen molar-refractivity contribution in [2.45, 2.75) is 76.9 Å². The topological polar surface area (TPSA) is 238 Å². The number of anilines is 1. The highest BCUT2D eigenvalue weighted by Crippen LogP contribution is 2.49.